The minimum Gasteiger partial charge on any atom is -0.480 e. The molecular weight excluding hydrogens is 456 g/mol. The van der Waals surface area contributed by atoms with Crippen LogP contribution in [-0.4, -0.2) is 53.7 Å². The number of carboxylic acids is 1. The first-order valence-electron chi connectivity index (χ1n) is 10.9. The Morgan fingerprint density at radius 3 is 2.24 bits per heavy atom. The van der Waals surface area contributed by atoms with E-state index in [1.54, 1.807) is 24.3 Å². The van der Waals surface area contributed by atoms with Crippen LogP contribution in [0.15, 0.2) is 54.6 Å². The van der Waals surface area contributed by atoms with Gasteiger partial charge in [-0.3, -0.25) is 9.59 Å². The second-order valence-electron chi connectivity index (χ2n) is 7.93. The zero-order chi connectivity index (χ0) is 24.2. The van der Waals surface area contributed by atoms with Crippen LogP contribution < -0.4 is 10.2 Å². The number of nitrogens with one attached hydrogen (secondary N) is 1. The molecule has 2 atom stereocenters. The van der Waals surface area contributed by atoms with E-state index in [-0.39, 0.29) is 16.8 Å². The number of nitrogens with zero attached hydrogens (tertiary/aromatic N) is 1. The normalized spacial score (nSPS) is 12.6. The number of carbonyl (C=O) groups is 3. The third-order valence-electron chi connectivity index (χ3n) is 5.05. The van der Waals surface area contributed by atoms with Gasteiger partial charge in [0.1, 0.15) is 6.04 Å². The van der Waals surface area contributed by atoms with Crippen LogP contribution in [0.4, 0.5) is 5.69 Å². The van der Waals surface area contributed by atoms with Gasteiger partial charge in [-0.2, -0.15) is 11.8 Å². The highest BCUT2D eigenvalue weighted by atomic mass is 32.2. The van der Waals surface area contributed by atoms with Crippen molar-refractivity contribution in [1.29, 1.82) is 0 Å². The Bertz CT molecular complexity index is 904. The third kappa shape index (κ3) is 9.14. The largest absolute Gasteiger partial charge is 0.480 e. The number of hydrogen-bond acceptors (Lipinski definition) is 6. The van der Waals surface area contributed by atoms with Crippen molar-refractivity contribution in [1.82, 2.24) is 5.32 Å². The lowest BCUT2D eigenvalue weighted by Gasteiger charge is -2.20. The molecule has 0 aliphatic carbocycles. The maximum absolute atomic E-state index is 12.8. The van der Waals surface area contributed by atoms with Crippen LogP contribution in [-0.2, 0) is 15.3 Å². The summed E-state index contributed by atoms with van der Waals surface area (Å²) >= 11 is 2.57. The number of amides is 1. The lowest BCUT2D eigenvalue weighted by Crippen LogP contribution is -2.45. The van der Waals surface area contributed by atoms with Gasteiger partial charge in [0.15, 0.2) is 0 Å². The molecule has 6 nitrogen and oxygen atoms in total. The Kier molecular flexibility index (Phi) is 11.3. The molecule has 0 saturated carbocycles. The van der Waals surface area contributed by atoms with Crippen LogP contribution >= 0.6 is 23.5 Å². The van der Waals surface area contributed by atoms with Crippen LogP contribution in [0.2, 0.25) is 0 Å². The van der Waals surface area contributed by atoms with Crippen molar-refractivity contribution < 1.29 is 19.5 Å². The van der Waals surface area contributed by atoms with E-state index in [1.165, 1.54) is 11.8 Å². The summed E-state index contributed by atoms with van der Waals surface area (Å²) in [6.07, 6.45) is 1.37. The summed E-state index contributed by atoms with van der Waals surface area (Å²) in [4.78, 5) is 38.9. The summed E-state index contributed by atoms with van der Waals surface area (Å²) in [7, 11) is 3.96. The number of thioether (sulfide) groups is 2. The number of benzene rings is 2. The van der Waals surface area contributed by atoms with E-state index >= 15 is 0 Å². The van der Waals surface area contributed by atoms with Gasteiger partial charge in [0.05, 0.1) is 0 Å². The fraction of sp³-hybridized carbons (Fsp3) is 0.400. The number of hydrogen-bond donors (Lipinski definition) is 2. The average Bonchev–Trinajstić information content (AvgIpc) is 2.81. The lowest BCUT2D eigenvalue weighted by molar-refractivity contribution is -0.141. The van der Waals surface area contributed by atoms with E-state index in [4.69, 9.17) is 0 Å². The Hall–Kier alpha value is -2.45. The maximum atomic E-state index is 12.8. The van der Waals surface area contributed by atoms with Crippen LogP contribution in [0.5, 0.6) is 0 Å². The van der Waals surface area contributed by atoms with Gasteiger partial charge >= 0.3 is 5.97 Å². The molecule has 0 spiro atoms. The smallest absolute Gasteiger partial charge is 0.327 e. The van der Waals surface area contributed by atoms with Crippen molar-refractivity contribution in [2.45, 2.75) is 31.6 Å². The molecule has 178 valence electrons. The number of aliphatic carboxylic acids is 1. The van der Waals surface area contributed by atoms with Crippen LogP contribution in [0, 0.1) is 5.92 Å². The molecule has 8 heteroatoms. The molecule has 0 bridgehead atoms. The van der Waals surface area contributed by atoms with Crippen molar-refractivity contribution in [3.63, 3.8) is 0 Å². The highest BCUT2D eigenvalue weighted by Gasteiger charge is 2.26. The van der Waals surface area contributed by atoms with Crippen molar-refractivity contribution in [3.05, 3.63) is 65.7 Å². The maximum Gasteiger partial charge on any atom is 0.327 e. The molecule has 0 aromatic heterocycles. The molecule has 0 radical (unpaired) electrons. The van der Waals surface area contributed by atoms with Gasteiger partial charge < -0.3 is 15.3 Å². The van der Waals surface area contributed by atoms with Gasteiger partial charge in [-0.15, -0.1) is 0 Å². The summed E-state index contributed by atoms with van der Waals surface area (Å²) in [6, 6.07) is 16.1. The van der Waals surface area contributed by atoms with Gasteiger partial charge in [-0.25, -0.2) is 4.79 Å². The van der Waals surface area contributed by atoms with Crippen molar-refractivity contribution in [3.8, 4) is 0 Å². The zero-order valence-corrected chi connectivity index (χ0v) is 21.0. The Labute approximate surface area is 204 Å². The van der Waals surface area contributed by atoms with E-state index in [9.17, 15) is 19.5 Å². The molecule has 0 aliphatic heterocycles. The van der Waals surface area contributed by atoms with E-state index in [0.29, 0.717) is 23.5 Å². The summed E-state index contributed by atoms with van der Waals surface area (Å²) in [5.74, 6) is -0.530. The minimum absolute atomic E-state index is 0.0878. The molecule has 2 N–H and O–H groups in total. The number of carbonyl (C=O) groups excluding carboxylic acids is 2. The van der Waals surface area contributed by atoms with Gasteiger partial charge in [0.25, 0.3) is 0 Å². The van der Waals surface area contributed by atoms with E-state index in [2.05, 4.69) is 5.32 Å². The lowest BCUT2D eigenvalue weighted by atomic mass is 10.0. The molecule has 0 saturated heterocycles. The fourth-order valence-electron chi connectivity index (χ4n) is 3.12. The highest BCUT2D eigenvalue weighted by Crippen LogP contribution is 2.21. The topological polar surface area (TPSA) is 86.7 Å². The Morgan fingerprint density at radius 1 is 1.00 bits per heavy atom. The first-order valence-corrected chi connectivity index (χ1v) is 13.0. The molecular formula is C25H32N2O4S2. The molecule has 0 fully saturated rings. The highest BCUT2D eigenvalue weighted by molar-refractivity contribution is 8.14. The van der Waals surface area contributed by atoms with Crippen molar-refractivity contribution in [2.24, 2.45) is 5.92 Å². The van der Waals surface area contributed by atoms with Gasteiger partial charge in [0.2, 0.25) is 11.0 Å². The zero-order valence-electron chi connectivity index (χ0n) is 19.3. The third-order valence-corrected chi connectivity index (χ3v) is 7.23. The molecule has 2 rings (SSSR count). The van der Waals surface area contributed by atoms with Crippen molar-refractivity contribution in [2.75, 3.05) is 30.5 Å². The first kappa shape index (κ1) is 26.8. The summed E-state index contributed by atoms with van der Waals surface area (Å²) < 4.78 is 0. The van der Waals surface area contributed by atoms with Crippen LogP contribution in [0.25, 0.3) is 0 Å². The second kappa shape index (κ2) is 14.0. The van der Waals surface area contributed by atoms with Crippen LogP contribution in [0.1, 0.15) is 35.7 Å². The minimum atomic E-state index is -1.05. The van der Waals surface area contributed by atoms with Gasteiger partial charge in [-0.05, 0) is 24.1 Å². The predicted molar refractivity (Wildman–Crippen MR) is 138 cm³/mol. The summed E-state index contributed by atoms with van der Waals surface area (Å²) in [6.45, 7) is 1.97. The molecule has 2 aromatic rings. The van der Waals surface area contributed by atoms with Crippen LogP contribution in [0.3, 0.4) is 0 Å². The average molecular weight is 489 g/mol. The predicted octanol–water partition coefficient (Wildman–Crippen LogP) is 4.55. The van der Waals surface area contributed by atoms with Gasteiger partial charge in [-0.1, -0.05) is 67.6 Å². The SMILES string of the molecule is CCCC(CSC(=O)c1ccccc1)C(=O)N[C@@H](CSCc1ccc(N(C)C)cc1)C(=O)O. The quantitative estimate of drug-likeness (QED) is 0.428. The van der Waals surface area contributed by atoms with E-state index < -0.39 is 17.9 Å². The molecule has 2 aromatic carbocycles. The second-order valence-corrected chi connectivity index (χ2v) is 9.95. The fourth-order valence-corrected chi connectivity index (χ4v) is 5.10. The van der Waals surface area contributed by atoms with Crippen molar-refractivity contribution >= 4 is 46.2 Å². The first-order chi connectivity index (χ1) is 15.8. The molecule has 0 heterocycles. The van der Waals surface area contributed by atoms with E-state index in [0.717, 1.165) is 29.4 Å². The monoisotopic (exact) mass is 488 g/mol. The summed E-state index contributed by atoms with van der Waals surface area (Å²) in [5, 5.41) is 12.2. The molecule has 1 unspecified atom stereocenters. The number of rotatable bonds is 13. The summed E-state index contributed by atoms with van der Waals surface area (Å²) in [5.41, 5.74) is 2.79. The Morgan fingerprint density at radius 2 is 1.67 bits per heavy atom. The Balaban J connectivity index is 1.88. The molecule has 0 aliphatic rings. The molecule has 1 amide bonds. The standard InChI is InChI=1S/C25H32N2O4S2/c1-4-8-20(16-33-25(31)19-9-6-5-7-10-19)23(28)26-22(24(29)30)17-32-15-18-11-13-21(14-12-18)27(2)3/h5-7,9-14,20,22H,4,8,15-17H2,1-3H3,(H,26,28)(H,29,30)/t20?,22-/m0/s1. The van der Waals surface area contributed by atoms with E-state index in [1.807, 2.05) is 56.3 Å². The molecule has 33 heavy (non-hydrogen) atoms. The van der Waals surface area contributed by atoms with Gasteiger partial charge in [0, 0.05) is 48.5 Å². The number of carboxylic acid groups (broad SMARTS) is 1. The number of anilines is 1.